The molecule has 124 valence electrons. The maximum absolute atomic E-state index is 12.5. The number of amides is 1. The number of H-pyrrole nitrogens is 1. The molecule has 0 aliphatic rings. The molecule has 0 spiro atoms. The fraction of sp³-hybridized carbons (Fsp3) is 0.286. The molecule has 9 heteroatoms. The highest BCUT2D eigenvalue weighted by molar-refractivity contribution is 7.89. The van der Waals surface area contributed by atoms with Crippen LogP contribution in [0.1, 0.15) is 11.4 Å². The fourth-order valence-corrected chi connectivity index (χ4v) is 3.77. The number of aromatic amines is 1. The number of benzene rings is 1. The molecule has 1 amide bonds. The van der Waals surface area contributed by atoms with Crippen LogP contribution < -0.4 is 5.32 Å². The molecular weight excluding hydrogens is 340 g/mol. The molecular formula is C14H17ClN4O3S. The number of anilines is 1. The second-order valence-corrected chi connectivity index (χ2v) is 7.50. The Morgan fingerprint density at radius 1 is 1.39 bits per heavy atom. The summed E-state index contributed by atoms with van der Waals surface area (Å²) >= 11 is 5.84. The zero-order chi connectivity index (χ0) is 17.2. The normalized spacial score (nSPS) is 11.7. The molecule has 0 unspecified atom stereocenters. The van der Waals surface area contributed by atoms with Crippen LogP contribution in [0.5, 0.6) is 0 Å². The standard InChI is InChI=1S/C14H17ClN4O3S/c1-9-14(10(2)18-17-9)23(21,22)19(3)8-13(20)16-12-6-4-5-11(15)7-12/h4-7H,8H2,1-3H3,(H,16,20)(H,17,18). The number of sulfonamides is 1. The van der Waals surface area contributed by atoms with Gasteiger partial charge in [-0.3, -0.25) is 9.89 Å². The summed E-state index contributed by atoms with van der Waals surface area (Å²) in [6.45, 7) is 2.89. The molecule has 1 heterocycles. The van der Waals surface area contributed by atoms with Crippen LogP contribution in [0.4, 0.5) is 5.69 Å². The molecule has 0 radical (unpaired) electrons. The molecule has 0 aliphatic heterocycles. The summed E-state index contributed by atoms with van der Waals surface area (Å²) in [6.07, 6.45) is 0. The highest BCUT2D eigenvalue weighted by Crippen LogP contribution is 2.20. The molecule has 1 aromatic carbocycles. The second kappa shape index (κ2) is 6.69. The van der Waals surface area contributed by atoms with Gasteiger partial charge in [-0.1, -0.05) is 17.7 Å². The number of halogens is 1. The summed E-state index contributed by atoms with van der Waals surface area (Å²) in [5, 5.41) is 9.59. The first kappa shape index (κ1) is 17.5. The monoisotopic (exact) mass is 356 g/mol. The van der Waals surface area contributed by atoms with Crippen LogP contribution in [0.2, 0.25) is 5.02 Å². The third-order valence-corrected chi connectivity index (χ3v) is 5.51. The van der Waals surface area contributed by atoms with E-state index < -0.39 is 15.9 Å². The zero-order valence-electron chi connectivity index (χ0n) is 12.9. The van der Waals surface area contributed by atoms with Gasteiger partial charge in [0, 0.05) is 17.8 Å². The molecule has 2 aromatic rings. The minimum Gasteiger partial charge on any atom is -0.325 e. The first-order chi connectivity index (χ1) is 10.7. The van der Waals surface area contributed by atoms with Gasteiger partial charge in [0.2, 0.25) is 15.9 Å². The van der Waals surface area contributed by atoms with Crippen molar-refractivity contribution in [2.24, 2.45) is 0 Å². The Hall–Kier alpha value is -1.90. The van der Waals surface area contributed by atoms with Crippen molar-refractivity contribution in [1.82, 2.24) is 14.5 Å². The van der Waals surface area contributed by atoms with Gasteiger partial charge in [-0.25, -0.2) is 8.42 Å². The van der Waals surface area contributed by atoms with Crippen LogP contribution in [0.15, 0.2) is 29.2 Å². The van der Waals surface area contributed by atoms with Crippen molar-refractivity contribution in [3.05, 3.63) is 40.7 Å². The number of nitrogens with one attached hydrogen (secondary N) is 2. The van der Waals surface area contributed by atoms with Crippen molar-refractivity contribution in [2.45, 2.75) is 18.7 Å². The Morgan fingerprint density at radius 3 is 2.65 bits per heavy atom. The summed E-state index contributed by atoms with van der Waals surface area (Å²) in [7, 11) is -2.45. The SMILES string of the molecule is Cc1n[nH]c(C)c1S(=O)(=O)N(C)CC(=O)Nc1cccc(Cl)c1. The van der Waals surface area contributed by atoms with Gasteiger partial charge in [0.05, 0.1) is 17.9 Å². The third-order valence-electron chi connectivity index (χ3n) is 3.20. The average molecular weight is 357 g/mol. The minimum absolute atomic E-state index is 0.0931. The van der Waals surface area contributed by atoms with E-state index in [1.165, 1.54) is 7.05 Å². The Morgan fingerprint density at radius 2 is 2.09 bits per heavy atom. The van der Waals surface area contributed by atoms with Gasteiger partial charge in [0.1, 0.15) is 4.90 Å². The van der Waals surface area contributed by atoms with E-state index in [1.54, 1.807) is 38.1 Å². The Balaban J connectivity index is 2.12. The first-order valence-electron chi connectivity index (χ1n) is 6.75. The molecule has 7 nitrogen and oxygen atoms in total. The number of hydrogen-bond acceptors (Lipinski definition) is 4. The van der Waals surface area contributed by atoms with Crippen LogP contribution >= 0.6 is 11.6 Å². The molecule has 0 saturated carbocycles. The van der Waals surface area contributed by atoms with E-state index in [9.17, 15) is 13.2 Å². The lowest BCUT2D eigenvalue weighted by Gasteiger charge is -2.17. The van der Waals surface area contributed by atoms with Crippen molar-refractivity contribution in [3.8, 4) is 0 Å². The summed E-state index contributed by atoms with van der Waals surface area (Å²) in [4.78, 5) is 12.1. The molecule has 0 aliphatic carbocycles. The lowest BCUT2D eigenvalue weighted by Crippen LogP contribution is -2.35. The molecule has 0 fully saturated rings. The lowest BCUT2D eigenvalue weighted by atomic mass is 10.3. The van der Waals surface area contributed by atoms with Crippen LogP contribution in [-0.2, 0) is 14.8 Å². The fourth-order valence-electron chi connectivity index (χ4n) is 2.13. The summed E-state index contributed by atoms with van der Waals surface area (Å²) < 4.78 is 26.1. The number of carbonyl (C=O) groups is 1. The Kier molecular flexibility index (Phi) is 5.08. The number of hydrogen-bond donors (Lipinski definition) is 2. The second-order valence-electron chi connectivity index (χ2n) is 5.08. The van der Waals surface area contributed by atoms with Crippen LogP contribution in [-0.4, -0.2) is 42.4 Å². The van der Waals surface area contributed by atoms with Gasteiger partial charge in [-0.05, 0) is 32.0 Å². The van der Waals surface area contributed by atoms with Gasteiger partial charge in [0.25, 0.3) is 0 Å². The number of likely N-dealkylation sites (N-methyl/N-ethyl adjacent to an activating group) is 1. The van der Waals surface area contributed by atoms with E-state index in [1.807, 2.05) is 0 Å². The summed E-state index contributed by atoms with van der Waals surface area (Å²) in [5.74, 6) is -0.461. The van der Waals surface area contributed by atoms with Crippen LogP contribution in [0.25, 0.3) is 0 Å². The van der Waals surface area contributed by atoms with Gasteiger partial charge >= 0.3 is 0 Å². The molecule has 2 rings (SSSR count). The molecule has 1 aromatic heterocycles. The Bertz CT molecular complexity index is 813. The highest BCUT2D eigenvalue weighted by Gasteiger charge is 2.28. The van der Waals surface area contributed by atoms with E-state index in [2.05, 4.69) is 15.5 Å². The average Bonchev–Trinajstić information content (AvgIpc) is 2.78. The van der Waals surface area contributed by atoms with Crippen LogP contribution in [0, 0.1) is 13.8 Å². The number of rotatable bonds is 5. The lowest BCUT2D eigenvalue weighted by molar-refractivity contribution is -0.116. The van der Waals surface area contributed by atoms with E-state index >= 15 is 0 Å². The largest absolute Gasteiger partial charge is 0.325 e. The van der Waals surface area contributed by atoms with E-state index in [4.69, 9.17) is 11.6 Å². The van der Waals surface area contributed by atoms with Crippen molar-refractivity contribution in [2.75, 3.05) is 18.9 Å². The van der Waals surface area contributed by atoms with Crippen molar-refractivity contribution >= 4 is 33.2 Å². The molecule has 0 bridgehead atoms. The molecule has 0 saturated heterocycles. The topological polar surface area (TPSA) is 95.2 Å². The number of nitrogens with zero attached hydrogens (tertiary/aromatic N) is 2. The molecule has 0 atom stereocenters. The predicted molar refractivity (Wildman–Crippen MR) is 88.0 cm³/mol. The zero-order valence-corrected chi connectivity index (χ0v) is 14.5. The highest BCUT2D eigenvalue weighted by atomic mass is 35.5. The quantitative estimate of drug-likeness (QED) is 0.855. The first-order valence-corrected chi connectivity index (χ1v) is 8.57. The van der Waals surface area contributed by atoms with Gasteiger partial charge < -0.3 is 5.32 Å². The third kappa shape index (κ3) is 3.90. The van der Waals surface area contributed by atoms with Crippen molar-refractivity contribution in [3.63, 3.8) is 0 Å². The number of aromatic nitrogens is 2. The summed E-state index contributed by atoms with van der Waals surface area (Å²) in [6, 6.07) is 6.62. The summed E-state index contributed by atoms with van der Waals surface area (Å²) in [5.41, 5.74) is 1.30. The number of carbonyl (C=O) groups excluding carboxylic acids is 1. The maximum atomic E-state index is 12.5. The predicted octanol–water partition coefficient (Wildman–Crippen LogP) is 1.94. The van der Waals surface area contributed by atoms with E-state index in [0.717, 1.165) is 4.31 Å². The van der Waals surface area contributed by atoms with Crippen molar-refractivity contribution in [1.29, 1.82) is 0 Å². The van der Waals surface area contributed by atoms with Crippen molar-refractivity contribution < 1.29 is 13.2 Å². The Labute approximate surface area is 139 Å². The van der Waals surface area contributed by atoms with Gasteiger partial charge in [0.15, 0.2) is 0 Å². The van der Waals surface area contributed by atoms with Crippen LogP contribution in [0.3, 0.4) is 0 Å². The number of aryl methyl sites for hydroxylation is 2. The van der Waals surface area contributed by atoms with Gasteiger partial charge in [-0.15, -0.1) is 0 Å². The smallest absolute Gasteiger partial charge is 0.246 e. The van der Waals surface area contributed by atoms with E-state index in [-0.39, 0.29) is 11.4 Å². The molecule has 23 heavy (non-hydrogen) atoms. The van der Waals surface area contributed by atoms with E-state index in [0.29, 0.717) is 22.1 Å². The molecule has 2 N–H and O–H groups in total. The minimum atomic E-state index is -3.80. The van der Waals surface area contributed by atoms with Gasteiger partial charge in [-0.2, -0.15) is 9.40 Å². The maximum Gasteiger partial charge on any atom is 0.246 e.